The topological polar surface area (TPSA) is 64.5 Å². The van der Waals surface area contributed by atoms with Gasteiger partial charge in [0.1, 0.15) is 0 Å². The molecule has 5 aromatic carbocycles. The second-order valence-corrected chi connectivity index (χ2v) is 11.7. The summed E-state index contributed by atoms with van der Waals surface area (Å²) in [6.07, 6.45) is 1.80. The maximum Gasteiger partial charge on any atom is 0.0979 e. The highest BCUT2D eigenvalue weighted by atomic mass is 14.8. The third-order valence-electron chi connectivity index (χ3n) is 8.71. The molecule has 0 aliphatic heterocycles. The fourth-order valence-corrected chi connectivity index (χ4v) is 6.40. The molecule has 0 saturated carbocycles. The first kappa shape index (κ1) is 27.7. The monoisotopic (exact) mass is 613 g/mol. The minimum absolute atomic E-state index is 0.796. The molecule has 0 aliphatic rings. The number of hydrogen-bond donors (Lipinski definition) is 0. The molecule has 0 spiro atoms. The summed E-state index contributed by atoms with van der Waals surface area (Å²) in [6.45, 7) is 0. The molecule has 224 valence electrons. The van der Waals surface area contributed by atoms with Crippen LogP contribution in [0, 0.1) is 0 Å². The Hall–Kier alpha value is -6.59. The summed E-state index contributed by atoms with van der Waals surface area (Å²) in [7, 11) is 0. The van der Waals surface area contributed by atoms with Crippen LogP contribution in [0.15, 0.2) is 164 Å². The molecule has 0 atom stereocenters. The van der Waals surface area contributed by atoms with Gasteiger partial charge < -0.3 is 0 Å². The van der Waals surface area contributed by atoms with Crippen LogP contribution in [0.2, 0.25) is 0 Å². The lowest BCUT2D eigenvalue weighted by Gasteiger charge is -2.15. The van der Waals surface area contributed by atoms with Crippen molar-refractivity contribution in [2.75, 3.05) is 0 Å². The van der Waals surface area contributed by atoms with Gasteiger partial charge in [-0.15, -0.1) is 0 Å². The highest BCUT2D eigenvalue weighted by Crippen LogP contribution is 2.39. The van der Waals surface area contributed by atoms with Gasteiger partial charge in [0.25, 0.3) is 0 Å². The Labute approximate surface area is 277 Å². The SMILES string of the molecule is c1ccc(-c2ccc3cc(-c4cccc5nc(-c6ccccc6)c(-c6ccccc6)nc45)c4ccc(-c5ccccn5)nc4c3n2)cc1. The predicted molar refractivity (Wildman–Crippen MR) is 195 cm³/mol. The van der Waals surface area contributed by atoms with Crippen LogP contribution in [-0.4, -0.2) is 24.9 Å². The van der Waals surface area contributed by atoms with E-state index >= 15 is 0 Å². The maximum atomic E-state index is 5.40. The number of nitrogens with zero attached hydrogens (tertiary/aromatic N) is 5. The van der Waals surface area contributed by atoms with Crippen LogP contribution in [0.1, 0.15) is 0 Å². The van der Waals surface area contributed by atoms with Crippen LogP contribution in [0.4, 0.5) is 0 Å². The Balaban J connectivity index is 1.33. The highest BCUT2D eigenvalue weighted by molar-refractivity contribution is 6.13. The second-order valence-electron chi connectivity index (χ2n) is 11.7. The molecule has 5 nitrogen and oxygen atoms in total. The number of pyridine rings is 3. The Morgan fingerprint density at radius 2 is 1.00 bits per heavy atom. The highest BCUT2D eigenvalue weighted by Gasteiger charge is 2.19. The molecule has 0 saturated heterocycles. The summed E-state index contributed by atoms with van der Waals surface area (Å²) in [5.74, 6) is 0. The largest absolute Gasteiger partial charge is 0.255 e. The summed E-state index contributed by atoms with van der Waals surface area (Å²) >= 11 is 0. The smallest absolute Gasteiger partial charge is 0.0979 e. The fourth-order valence-electron chi connectivity index (χ4n) is 6.40. The van der Waals surface area contributed by atoms with Crippen molar-refractivity contribution in [3.05, 3.63) is 164 Å². The molecule has 0 bridgehead atoms. The Morgan fingerprint density at radius 3 is 1.71 bits per heavy atom. The second kappa shape index (κ2) is 11.6. The molecule has 4 heterocycles. The van der Waals surface area contributed by atoms with Gasteiger partial charge in [0, 0.05) is 39.2 Å². The number of rotatable bonds is 5. The average molecular weight is 614 g/mol. The Kier molecular flexibility index (Phi) is 6.72. The number of fused-ring (bicyclic) bond motifs is 4. The third-order valence-corrected chi connectivity index (χ3v) is 8.71. The molecular weight excluding hydrogens is 587 g/mol. The van der Waals surface area contributed by atoms with Gasteiger partial charge in [0.15, 0.2) is 0 Å². The van der Waals surface area contributed by atoms with Gasteiger partial charge in [-0.2, -0.15) is 0 Å². The standard InChI is InChI=1S/C43H27N5/c1-4-13-28(14-5-1)35-24-22-31-27-34(33-23-25-37(36-20-10-11-26-44-36)46-43(33)41(31)45-35)32-19-12-21-38-42(32)48-40(30-17-8-3-9-18-30)39(47-38)29-15-6-2-7-16-29/h1-27H. The van der Waals surface area contributed by atoms with Crippen molar-refractivity contribution in [3.63, 3.8) is 0 Å². The van der Waals surface area contributed by atoms with Crippen molar-refractivity contribution in [3.8, 4) is 56.3 Å². The first-order chi connectivity index (χ1) is 23.8. The van der Waals surface area contributed by atoms with Gasteiger partial charge in [-0.05, 0) is 48.0 Å². The average Bonchev–Trinajstić information content (AvgIpc) is 3.18. The van der Waals surface area contributed by atoms with E-state index in [2.05, 4.69) is 77.8 Å². The van der Waals surface area contributed by atoms with Crippen LogP contribution < -0.4 is 0 Å². The summed E-state index contributed by atoms with van der Waals surface area (Å²) in [5, 5.41) is 1.99. The molecule has 5 heteroatoms. The molecule has 0 fully saturated rings. The van der Waals surface area contributed by atoms with Gasteiger partial charge in [-0.3, -0.25) is 4.98 Å². The normalized spacial score (nSPS) is 11.3. The minimum atomic E-state index is 0.796. The van der Waals surface area contributed by atoms with Crippen LogP contribution in [-0.2, 0) is 0 Å². The van der Waals surface area contributed by atoms with Crippen LogP contribution in [0.25, 0.3) is 89.1 Å². The summed E-state index contributed by atoms with van der Waals surface area (Å²) in [5.41, 5.74) is 12.7. The number of para-hydroxylation sites is 1. The third kappa shape index (κ3) is 4.86. The lowest BCUT2D eigenvalue weighted by Crippen LogP contribution is -1.98. The predicted octanol–water partition coefficient (Wildman–Crippen LogP) is 10.5. The van der Waals surface area contributed by atoms with Crippen molar-refractivity contribution >= 4 is 32.8 Å². The van der Waals surface area contributed by atoms with Gasteiger partial charge in [0.2, 0.25) is 0 Å². The molecule has 9 rings (SSSR count). The summed E-state index contributed by atoms with van der Waals surface area (Å²) < 4.78 is 0. The first-order valence-electron chi connectivity index (χ1n) is 15.9. The Morgan fingerprint density at radius 1 is 0.354 bits per heavy atom. The molecule has 48 heavy (non-hydrogen) atoms. The molecule has 0 N–H and O–H groups in total. The molecule has 0 unspecified atom stereocenters. The van der Waals surface area contributed by atoms with E-state index in [1.807, 2.05) is 84.9 Å². The van der Waals surface area contributed by atoms with E-state index in [4.69, 9.17) is 19.9 Å². The molecule has 0 radical (unpaired) electrons. The van der Waals surface area contributed by atoms with Crippen molar-refractivity contribution in [2.24, 2.45) is 0 Å². The number of hydrogen-bond acceptors (Lipinski definition) is 5. The quantitative estimate of drug-likeness (QED) is 0.181. The zero-order valence-corrected chi connectivity index (χ0v) is 25.8. The zero-order chi connectivity index (χ0) is 31.9. The van der Waals surface area contributed by atoms with Crippen LogP contribution in [0.5, 0.6) is 0 Å². The first-order valence-corrected chi connectivity index (χ1v) is 15.9. The number of aromatic nitrogens is 5. The van der Waals surface area contributed by atoms with E-state index in [1.165, 1.54) is 0 Å². The summed E-state index contributed by atoms with van der Waals surface area (Å²) in [4.78, 5) is 25.7. The summed E-state index contributed by atoms with van der Waals surface area (Å²) in [6, 6.07) is 53.6. The van der Waals surface area contributed by atoms with E-state index in [0.29, 0.717) is 0 Å². The molecule has 0 amide bonds. The minimum Gasteiger partial charge on any atom is -0.255 e. The lowest BCUT2D eigenvalue weighted by molar-refractivity contribution is 1.27. The van der Waals surface area contributed by atoms with E-state index in [-0.39, 0.29) is 0 Å². The molecule has 9 aromatic rings. The van der Waals surface area contributed by atoms with Crippen LogP contribution in [0.3, 0.4) is 0 Å². The van der Waals surface area contributed by atoms with Crippen molar-refractivity contribution in [1.29, 1.82) is 0 Å². The van der Waals surface area contributed by atoms with Crippen molar-refractivity contribution in [2.45, 2.75) is 0 Å². The Bertz CT molecular complexity index is 2590. The molecule has 0 aliphatic carbocycles. The lowest BCUT2D eigenvalue weighted by atomic mass is 9.95. The van der Waals surface area contributed by atoms with Gasteiger partial charge in [0.05, 0.1) is 50.5 Å². The molecular formula is C43H27N5. The van der Waals surface area contributed by atoms with Gasteiger partial charge in [-0.1, -0.05) is 115 Å². The number of benzene rings is 5. The molecule has 4 aromatic heterocycles. The van der Waals surface area contributed by atoms with Crippen molar-refractivity contribution in [1.82, 2.24) is 24.9 Å². The van der Waals surface area contributed by atoms with E-state index in [1.54, 1.807) is 6.20 Å². The van der Waals surface area contributed by atoms with Gasteiger partial charge in [-0.25, -0.2) is 19.9 Å². The van der Waals surface area contributed by atoms with Crippen molar-refractivity contribution < 1.29 is 0 Å². The van der Waals surface area contributed by atoms with Crippen LogP contribution >= 0.6 is 0 Å². The maximum absolute atomic E-state index is 5.40. The van der Waals surface area contributed by atoms with Gasteiger partial charge >= 0.3 is 0 Å². The van der Waals surface area contributed by atoms with E-state index in [9.17, 15) is 0 Å². The zero-order valence-electron chi connectivity index (χ0n) is 25.8. The van der Waals surface area contributed by atoms with E-state index < -0.39 is 0 Å². The van der Waals surface area contributed by atoms with E-state index in [0.717, 1.165) is 89.1 Å². The fraction of sp³-hybridized carbons (Fsp3) is 0.